The van der Waals surface area contributed by atoms with Crippen molar-refractivity contribution in [1.29, 1.82) is 0 Å². The first-order valence-corrected chi connectivity index (χ1v) is 6.91. The third-order valence-corrected chi connectivity index (χ3v) is 3.78. The molecule has 3 nitrogen and oxygen atoms in total. The van der Waals surface area contributed by atoms with Crippen LogP contribution in [0.5, 0.6) is 0 Å². The largest absolute Gasteiger partial charge is 0.387 e. The smallest absolute Gasteiger partial charge is 0.120 e. The number of aliphatic hydroxyl groups excluding tert-OH is 1. The molecule has 0 spiro atoms. The van der Waals surface area contributed by atoms with E-state index >= 15 is 0 Å². The van der Waals surface area contributed by atoms with Crippen molar-refractivity contribution in [1.82, 2.24) is 5.32 Å². The summed E-state index contributed by atoms with van der Waals surface area (Å²) in [6.07, 6.45) is 17.6. The van der Waals surface area contributed by atoms with Gasteiger partial charge in [-0.15, -0.1) is 0 Å². The molecule has 0 aromatic rings. The van der Waals surface area contributed by atoms with Crippen LogP contribution in [0.3, 0.4) is 0 Å². The molecule has 0 amide bonds. The molecule has 2 aliphatic rings. The zero-order chi connectivity index (χ0) is 13.5. The van der Waals surface area contributed by atoms with Gasteiger partial charge in [0.15, 0.2) is 0 Å². The number of aldehydes is 1. The Morgan fingerprint density at radius 3 is 3.05 bits per heavy atom. The maximum absolute atomic E-state index is 10.9. The standard InChI is InChI=1S/C16H21NO2/c18-12-10-14(13-7-3-1-4-8-13)16(19)15-9-5-2-6-11-17-15/h2-3,5-7,9,11-14,16-17,19H,1,4,8,10H2. The average Bonchev–Trinajstić information content (AvgIpc) is 2.74. The quantitative estimate of drug-likeness (QED) is 0.589. The summed E-state index contributed by atoms with van der Waals surface area (Å²) < 4.78 is 0. The summed E-state index contributed by atoms with van der Waals surface area (Å²) in [5, 5.41) is 13.6. The highest BCUT2D eigenvalue weighted by Crippen LogP contribution is 2.31. The predicted octanol–water partition coefficient (Wildman–Crippen LogP) is 2.47. The monoisotopic (exact) mass is 259 g/mol. The van der Waals surface area contributed by atoms with Crippen molar-refractivity contribution < 1.29 is 9.90 Å². The van der Waals surface area contributed by atoms with Gasteiger partial charge in [-0.25, -0.2) is 0 Å². The minimum Gasteiger partial charge on any atom is -0.387 e. The lowest BCUT2D eigenvalue weighted by Gasteiger charge is -2.30. The number of allylic oxidation sites excluding steroid dienone is 6. The maximum Gasteiger partial charge on any atom is 0.120 e. The number of hydrogen-bond donors (Lipinski definition) is 2. The van der Waals surface area contributed by atoms with Gasteiger partial charge in [-0.3, -0.25) is 0 Å². The number of rotatable bonds is 5. The molecule has 0 aromatic carbocycles. The molecule has 1 heterocycles. The second-order valence-electron chi connectivity index (χ2n) is 5.04. The molecular weight excluding hydrogens is 238 g/mol. The minimum absolute atomic E-state index is 0.0484. The van der Waals surface area contributed by atoms with Crippen LogP contribution < -0.4 is 5.32 Å². The third-order valence-electron chi connectivity index (χ3n) is 3.78. The Bertz CT molecular complexity index is 420. The Hall–Kier alpha value is -1.61. The summed E-state index contributed by atoms with van der Waals surface area (Å²) in [6, 6.07) is 0. The van der Waals surface area contributed by atoms with Crippen molar-refractivity contribution in [2.75, 3.05) is 0 Å². The fourth-order valence-electron chi connectivity index (χ4n) is 2.73. The highest BCUT2D eigenvalue weighted by molar-refractivity contribution is 5.50. The number of carbonyl (C=O) groups excluding carboxylic acids is 1. The Morgan fingerprint density at radius 1 is 1.42 bits per heavy atom. The lowest BCUT2D eigenvalue weighted by molar-refractivity contribution is -0.109. The average molecular weight is 259 g/mol. The van der Waals surface area contributed by atoms with Gasteiger partial charge in [-0.2, -0.15) is 0 Å². The van der Waals surface area contributed by atoms with Crippen molar-refractivity contribution in [3.8, 4) is 0 Å². The van der Waals surface area contributed by atoms with Crippen LogP contribution in [0.15, 0.2) is 48.4 Å². The molecule has 3 heteroatoms. The lowest BCUT2D eigenvalue weighted by atomic mass is 9.78. The van der Waals surface area contributed by atoms with Gasteiger partial charge in [0.25, 0.3) is 0 Å². The molecule has 3 unspecified atom stereocenters. The fraction of sp³-hybridized carbons (Fsp3) is 0.438. The van der Waals surface area contributed by atoms with E-state index in [0.29, 0.717) is 6.42 Å². The maximum atomic E-state index is 10.9. The Kier molecular flexibility index (Phi) is 5.16. The van der Waals surface area contributed by atoms with Gasteiger partial charge in [-0.1, -0.05) is 24.3 Å². The van der Waals surface area contributed by atoms with E-state index in [2.05, 4.69) is 17.5 Å². The van der Waals surface area contributed by atoms with Crippen LogP contribution in [0.2, 0.25) is 0 Å². The third kappa shape index (κ3) is 3.67. The lowest BCUT2D eigenvalue weighted by Crippen LogP contribution is -2.33. The van der Waals surface area contributed by atoms with Gasteiger partial charge in [0, 0.05) is 24.2 Å². The van der Waals surface area contributed by atoms with Gasteiger partial charge >= 0.3 is 0 Å². The first kappa shape index (κ1) is 13.8. The molecule has 2 N–H and O–H groups in total. The molecule has 1 aliphatic heterocycles. The van der Waals surface area contributed by atoms with E-state index in [1.807, 2.05) is 24.3 Å². The molecule has 2 rings (SSSR count). The Balaban J connectivity index is 2.13. The van der Waals surface area contributed by atoms with E-state index in [-0.39, 0.29) is 11.8 Å². The van der Waals surface area contributed by atoms with Crippen molar-refractivity contribution in [2.24, 2.45) is 11.8 Å². The topological polar surface area (TPSA) is 49.3 Å². The summed E-state index contributed by atoms with van der Waals surface area (Å²) in [7, 11) is 0. The van der Waals surface area contributed by atoms with E-state index in [9.17, 15) is 9.90 Å². The molecule has 102 valence electrons. The van der Waals surface area contributed by atoms with E-state index in [0.717, 1.165) is 31.2 Å². The van der Waals surface area contributed by atoms with Gasteiger partial charge < -0.3 is 15.2 Å². The molecule has 1 aliphatic carbocycles. The SMILES string of the molecule is O=CCC(C1C=CCCC1)C(O)C1=CC=CC=CN1. The van der Waals surface area contributed by atoms with Crippen LogP contribution in [0.4, 0.5) is 0 Å². The molecule has 0 radical (unpaired) electrons. The van der Waals surface area contributed by atoms with E-state index in [4.69, 9.17) is 0 Å². The second-order valence-corrected chi connectivity index (χ2v) is 5.04. The predicted molar refractivity (Wildman–Crippen MR) is 76.2 cm³/mol. The molecule has 0 bridgehead atoms. The summed E-state index contributed by atoms with van der Waals surface area (Å²) in [6.45, 7) is 0. The molecular formula is C16H21NO2. The zero-order valence-corrected chi connectivity index (χ0v) is 11.0. The molecule has 3 atom stereocenters. The second kappa shape index (κ2) is 7.10. The van der Waals surface area contributed by atoms with Crippen molar-refractivity contribution in [3.63, 3.8) is 0 Å². The summed E-state index contributed by atoms with van der Waals surface area (Å²) in [5.41, 5.74) is 0.760. The number of hydrogen-bond acceptors (Lipinski definition) is 3. The normalized spacial score (nSPS) is 25.1. The minimum atomic E-state index is -0.634. The summed E-state index contributed by atoms with van der Waals surface area (Å²) in [5.74, 6) is 0.237. The Labute approximate surface area is 114 Å². The van der Waals surface area contributed by atoms with Crippen LogP contribution in [0.1, 0.15) is 25.7 Å². The van der Waals surface area contributed by atoms with E-state index in [1.165, 1.54) is 0 Å². The zero-order valence-electron chi connectivity index (χ0n) is 11.0. The van der Waals surface area contributed by atoms with Crippen LogP contribution in [-0.2, 0) is 4.79 Å². The van der Waals surface area contributed by atoms with Crippen LogP contribution in [-0.4, -0.2) is 17.5 Å². The van der Waals surface area contributed by atoms with E-state index < -0.39 is 6.10 Å². The van der Waals surface area contributed by atoms with Crippen molar-refractivity contribution >= 4 is 6.29 Å². The number of carbonyl (C=O) groups is 1. The van der Waals surface area contributed by atoms with Crippen LogP contribution in [0.25, 0.3) is 0 Å². The van der Waals surface area contributed by atoms with E-state index in [1.54, 1.807) is 6.20 Å². The molecule has 0 saturated carbocycles. The highest BCUT2D eigenvalue weighted by atomic mass is 16.3. The van der Waals surface area contributed by atoms with Gasteiger partial charge in [0.2, 0.25) is 0 Å². The number of aliphatic hydroxyl groups is 1. The van der Waals surface area contributed by atoms with Crippen molar-refractivity contribution in [3.05, 3.63) is 48.4 Å². The molecule has 0 saturated heterocycles. The molecule has 19 heavy (non-hydrogen) atoms. The Morgan fingerprint density at radius 2 is 2.32 bits per heavy atom. The van der Waals surface area contributed by atoms with Gasteiger partial charge in [0.1, 0.15) is 6.29 Å². The molecule has 0 fully saturated rings. The first-order valence-electron chi connectivity index (χ1n) is 6.91. The van der Waals surface area contributed by atoms with Gasteiger partial charge in [0.05, 0.1) is 6.10 Å². The summed E-state index contributed by atoms with van der Waals surface area (Å²) >= 11 is 0. The van der Waals surface area contributed by atoms with Crippen LogP contribution in [0, 0.1) is 11.8 Å². The first-order chi connectivity index (χ1) is 9.33. The molecule has 0 aromatic heterocycles. The summed E-state index contributed by atoms with van der Waals surface area (Å²) in [4.78, 5) is 10.9. The van der Waals surface area contributed by atoms with Crippen molar-refractivity contribution in [2.45, 2.75) is 31.8 Å². The number of nitrogens with one attached hydrogen (secondary N) is 1. The van der Waals surface area contributed by atoms with Gasteiger partial charge in [-0.05, 0) is 37.3 Å². The highest BCUT2D eigenvalue weighted by Gasteiger charge is 2.29. The fourth-order valence-corrected chi connectivity index (χ4v) is 2.73. The van der Waals surface area contributed by atoms with Crippen LogP contribution >= 0.6 is 0 Å².